The molecule has 20 heavy (non-hydrogen) atoms. The van der Waals surface area contributed by atoms with Gasteiger partial charge in [-0.05, 0) is 6.42 Å². The number of hydrogen-bond donors (Lipinski definition) is 5. The highest BCUT2D eigenvalue weighted by atomic mass is 32.1. The topological polar surface area (TPSA) is 133 Å². The summed E-state index contributed by atoms with van der Waals surface area (Å²) in [6.07, 6.45) is -0.773. The molecule has 0 fully saturated rings. The normalized spacial score (nSPS) is 13.1. The Hall–Kier alpha value is -1.77. The van der Waals surface area contributed by atoms with E-state index < -0.39 is 42.1 Å². The molecule has 0 heterocycles. The molecule has 0 saturated carbocycles. The van der Waals surface area contributed by atoms with Gasteiger partial charge in [-0.15, -0.1) is 0 Å². The van der Waals surface area contributed by atoms with Crippen molar-refractivity contribution < 1.29 is 29.4 Å². The first kappa shape index (κ1) is 18.2. The van der Waals surface area contributed by atoms with Gasteiger partial charge < -0.3 is 20.8 Å². The van der Waals surface area contributed by atoms with E-state index in [9.17, 15) is 19.2 Å². The summed E-state index contributed by atoms with van der Waals surface area (Å²) in [4.78, 5) is 44.5. The predicted octanol–water partition coefficient (Wildman–Crippen LogP) is -0.897. The number of amides is 2. The highest BCUT2D eigenvalue weighted by Crippen LogP contribution is 2.08. The molecular weight excluding hydrogens is 288 g/mol. The van der Waals surface area contributed by atoms with Crippen LogP contribution < -0.4 is 10.6 Å². The molecule has 8 nitrogen and oxygen atoms in total. The molecule has 0 aromatic heterocycles. The predicted molar refractivity (Wildman–Crippen MR) is 72.5 cm³/mol. The Kier molecular flexibility index (Phi) is 8.37. The molecule has 0 aromatic carbocycles. The van der Waals surface area contributed by atoms with E-state index in [1.54, 1.807) is 0 Å². The van der Waals surface area contributed by atoms with Gasteiger partial charge in [0.2, 0.25) is 11.8 Å². The van der Waals surface area contributed by atoms with E-state index in [2.05, 4.69) is 23.3 Å². The number of carboxylic acids is 2. The Morgan fingerprint density at radius 2 is 1.70 bits per heavy atom. The van der Waals surface area contributed by atoms with Gasteiger partial charge in [0.15, 0.2) is 0 Å². The van der Waals surface area contributed by atoms with Gasteiger partial charge in [0, 0.05) is 19.2 Å². The number of carbonyl (C=O) groups excluding carboxylic acids is 2. The highest BCUT2D eigenvalue weighted by molar-refractivity contribution is 7.80. The number of nitrogens with one attached hydrogen (secondary N) is 2. The second-order valence-corrected chi connectivity index (χ2v) is 4.45. The van der Waals surface area contributed by atoms with Crippen LogP contribution in [0.15, 0.2) is 0 Å². The number of aliphatic carboxylic acids is 2. The van der Waals surface area contributed by atoms with Crippen LogP contribution in [0.4, 0.5) is 0 Å². The summed E-state index contributed by atoms with van der Waals surface area (Å²) in [6, 6.07) is -1.01. The summed E-state index contributed by atoms with van der Waals surface area (Å²) >= 11 is 3.89. The first-order valence-electron chi connectivity index (χ1n) is 5.88. The summed E-state index contributed by atoms with van der Waals surface area (Å²) in [5, 5.41) is 21.9. The Morgan fingerprint density at radius 1 is 1.10 bits per heavy atom. The van der Waals surface area contributed by atoms with E-state index in [4.69, 9.17) is 10.2 Å². The monoisotopic (exact) mass is 306 g/mol. The number of hydrogen-bond acceptors (Lipinski definition) is 5. The van der Waals surface area contributed by atoms with Crippen molar-refractivity contribution in [1.82, 2.24) is 10.6 Å². The molecule has 1 unspecified atom stereocenters. The summed E-state index contributed by atoms with van der Waals surface area (Å²) in [7, 11) is 1.36. The van der Waals surface area contributed by atoms with Crippen LogP contribution in [0.2, 0.25) is 0 Å². The fourth-order valence-electron chi connectivity index (χ4n) is 1.45. The second-order valence-electron chi connectivity index (χ2n) is 4.09. The Morgan fingerprint density at radius 3 is 2.10 bits per heavy atom. The van der Waals surface area contributed by atoms with Gasteiger partial charge in [-0.3, -0.25) is 19.2 Å². The van der Waals surface area contributed by atoms with Gasteiger partial charge in [0.05, 0.1) is 12.3 Å². The van der Waals surface area contributed by atoms with Crippen LogP contribution in [0.5, 0.6) is 0 Å². The maximum Gasteiger partial charge on any atom is 0.304 e. The number of thiol groups is 1. The molecular formula is C11H18N2O6S. The van der Waals surface area contributed by atoms with Gasteiger partial charge in [-0.25, -0.2) is 0 Å². The van der Waals surface area contributed by atoms with Gasteiger partial charge in [0.1, 0.15) is 6.04 Å². The minimum Gasteiger partial charge on any atom is -0.481 e. The average Bonchev–Trinajstić information content (AvgIpc) is 2.38. The van der Waals surface area contributed by atoms with Crippen molar-refractivity contribution in [3.8, 4) is 0 Å². The van der Waals surface area contributed by atoms with Crippen LogP contribution in [0, 0.1) is 5.92 Å². The smallest absolute Gasteiger partial charge is 0.304 e. The molecule has 0 rings (SSSR count). The number of likely N-dealkylation sites (N-methyl/N-ethyl adjacent to an activating group) is 1. The SMILES string of the molecule is CNC(=O)[C@H](CCC(=O)O)NC(=O)C(CS)CC(=O)O. The number of carbonyl (C=O) groups is 4. The quantitative estimate of drug-likeness (QED) is 0.351. The molecule has 0 aliphatic rings. The molecule has 2 amide bonds. The molecule has 2 atom stereocenters. The van der Waals surface area contributed by atoms with Crippen molar-refractivity contribution in [3.63, 3.8) is 0 Å². The van der Waals surface area contributed by atoms with E-state index >= 15 is 0 Å². The van der Waals surface area contributed by atoms with E-state index in [-0.39, 0.29) is 18.6 Å². The van der Waals surface area contributed by atoms with Crippen LogP contribution in [-0.2, 0) is 19.2 Å². The number of carboxylic acid groups (broad SMARTS) is 2. The van der Waals surface area contributed by atoms with Gasteiger partial charge >= 0.3 is 11.9 Å². The van der Waals surface area contributed by atoms with E-state index in [0.717, 1.165) is 0 Å². The Balaban J connectivity index is 4.68. The molecule has 114 valence electrons. The lowest BCUT2D eigenvalue weighted by atomic mass is 10.0. The van der Waals surface area contributed by atoms with Crippen molar-refractivity contribution in [3.05, 3.63) is 0 Å². The zero-order valence-electron chi connectivity index (χ0n) is 11.0. The maximum absolute atomic E-state index is 11.8. The molecule has 0 bridgehead atoms. The van der Waals surface area contributed by atoms with E-state index in [1.165, 1.54) is 7.05 Å². The molecule has 9 heteroatoms. The second kappa shape index (κ2) is 9.18. The summed E-state index contributed by atoms with van der Waals surface area (Å²) < 4.78 is 0. The summed E-state index contributed by atoms with van der Waals surface area (Å²) in [5.74, 6) is -4.29. The van der Waals surface area contributed by atoms with Gasteiger partial charge in [-0.1, -0.05) is 0 Å². The highest BCUT2D eigenvalue weighted by Gasteiger charge is 2.26. The number of rotatable bonds is 9. The molecule has 0 aromatic rings. The zero-order valence-corrected chi connectivity index (χ0v) is 11.9. The minimum atomic E-state index is -1.15. The van der Waals surface area contributed by atoms with Crippen LogP contribution in [0.3, 0.4) is 0 Å². The largest absolute Gasteiger partial charge is 0.481 e. The standard InChI is InChI=1S/C11H18N2O6S/c1-12-11(19)7(2-3-8(14)15)13-10(18)6(5-20)4-9(16)17/h6-7,20H,2-5H2,1H3,(H,12,19)(H,13,18)(H,14,15)(H,16,17)/t6?,7-/m0/s1. The van der Waals surface area contributed by atoms with Crippen molar-refractivity contribution in [1.29, 1.82) is 0 Å². The molecule has 0 saturated heterocycles. The Labute approximate surface area is 121 Å². The molecule has 0 aliphatic carbocycles. The maximum atomic E-state index is 11.8. The average molecular weight is 306 g/mol. The van der Waals surface area contributed by atoms with Crippen molar-refractivity contribution in [2.45, 2.75) is 25.3 Å². The fourth-order valence-corrected chi connectivity index (χ4v) is 1.75. The molecule has 0 radical (unpaired) electrons. The molecule has 0 aliphatic heterocycles. The minimum absolute atomic E-state index is 0.0114. The van der Waals surface area contributed by atoms with Gasteiger partial charge in [-0.2, -0.15) is 12.6 Å². The lowest BCUT2D eigenvalue weighted by molar-refractivity contribution is -0.141. The van der Waals surface area contributed by atoms with Crippen LogP contribution in [0.1, 0.15) is 19.3 Å². The third kappa shape index (κ3) is 6.98. The third-order valence-electron chi connectivity index (χ3n) is 2.54. The van der Waals surface area contributed by atoms with Gasteiger partial charge in [0.25, 0.3) is 0 Å². The lowest BCUT2D eigenvalue weighted by Gasteiger charge is -2.19. The summed E-state index contributed by atoms with van der Waals surface area (Å²) in [5.41, 5.74) is 0. The fraction of sp³-hybridized carbons (Fsp3) is 0.636. The van der Waals surface area contributed by atoms with E-state index in [0.29, 0.717) is 0 Å². The summed E-state index contributed by atoms with van der Waals surface area (Å²) in [6.45, 7) is 0. The van der Waals surface area contributed by atoms with E-state index in [1.807, 2.05) is 0 Å². The van der Waals surface area contributed by atoms with Crippen LogP contribution in [0.25, 0.3) is 0 Å². The van der Waals surface area contributed by atoms with Crippen LogP contribution in [-0.4, -0.2) is 52.8 Å². The van der Waals surface area contributed by atoms with Crippen molar-refractivity contribution in [2.24, 2.45) is 5.92 Å². The van der Waals surface area contributed by atoms with Crippen molar-refractivity contribution >= 4 is 36.4 Å². The first-order valence-corrected chi connectivity index (χ1v) is 6.51. The lowest BCUT2D eigenvalue weighted by Crippen LogP contribution is -2.48. The first-order chi connectivity index (χ1) is 9.31. The van der Waals surface area contributed by atoms with Crippen LogP contribution >= 0.6 is 12.6 Å². The Bertz CT molecular complexity index is 387. The third-order valence-corrected chi connectivity index (χ3v) is 2.98. The molecule has 4 N–H and O–H groups in total. The molecule has 0 spiro atoms. The van der Waals surface area contributed by atoms with Crippen molar-refractivity contribution in [2.75, 3.05) is 12.8 Å². The zero-order chi connectivity index (χ0) is 15.7.